The topological polar surface area (TPSA) is 32.8 Å². The largest absolute Gasteiger partial charge is 0.454 e. The number of furan rings is 2. The Morgan fingerprint density at radius 3 is 1.91 bits per heavy atom. The van der Waals surface area contributed by atoms with Gasteiger partial charge >= 0.3 is 0 Å². The van der Waals surface area contributed by atoms with Gasteiger partial charge in [0.25, 0.3) is 0 Å². The molecular weight excluding hydrogens is 985 g/mol. The van der Waals surface area contributed by atoms with Crippen LogP contribution in [0, 0.1) is 0 Å². The number of anilines is 5. The van der Waals surface area contributed by atoms with Gasteiger partial charge in [0, 0.05) is 39.0 Å². The first-order chi connectivity index (χ1) is 40.0. The van der Waals surface area contributed by atoms with Crippen LogP contribution < -0.4 is 15.0 Å². The molecule has 1 aliphatic rings. The molecule has 0 spiro atoms. The van der Waals surface area contributed by atoms with Crippen molar-refractivity contribution in [1.29, 1.82) is 0 Å². The third kappa shape index (κ3) is 13.0. The minimum atomic E-state index is 0.797. The summed E-state index contributed by atoms with van der Waals surface area (Å²) in [5.41, 5.74) is 13.6. The van der Waals surface area contributed by atoms with Crippen LogP contribution in [0.4, 0.5) is 28.4 Å². The molecule has 11 rings (SSSR count). The Hall–Kier alpha value is -9.12. The molecule has 0 fully saturated rings. The fourth-order valence-corrected chi connectivity index (χ4v) is 10.5. The number of allylic oxidation sites excluding steroid dienone is 7. The summed E-state index contributed by atoms with van der Waals surface area (Å²) in [4.78, 5) is 4.64. The van der Waals surface area contributed by atoms with Gasteiger partial charge in [-0.15, -0.1) is 0 Å². The van der Waals surface area contributed by atoms with E-state index in [0.29, 0.717) is 0 Å². The molecule has 0 N–H and O–H groups in total. The lowest BCUT2D eigenvalue weighted by Crippen LogP contribution is -2.16. The van der Waals surface area contributed by atoms with E-state index in [4.69, 9.17) is 8.83 Å². The maximum absolute atomic E-state index is 6.90. The molecule has 2 heterocycles. The average molecular weight is 1060 g/mol. The molecule has 0 radical (unpaired) electrons. The molecule has 4 heteroatoms. The van der Waals surface area contributed by atoms with Crippen molar-refractivity contribution in [3.63, 3.8) is 0 Å². The van der Waals surface area contributed by atoms with E-state index in [1.165, 1.54) is 32.1 Å². The van der Waals surface area contributed by atoms with E-state index in [9.17, 15) is 0 Å². The Morgan fingerprint density at radius 1 is 0.543 bits per heavy atom. The summed E-state index contributed by atoms with van der Waals surface area (Å²) < 4.78 is 13.7. The molecule has 0 amide bonds. The van der Waals surface area contributed by atoms with Crippen LogP contribution in [-0.4, -0.2) is 0 Å². The van der Waals surface area contributed by atoms with Gasteiger partial charge in [0.1, 0.15) is 11.3 Å². The summed E-state index contributed by atoms with van der Waals surface area (Å²) in [6, 6.07) is 66.3. The molecule has 2 bridgehead atoms. The zero-order valence-corrected chi connectivity index (χ0v) is 48.5. The van der Waals surface area contributed by atoms with Gasteiger partial charge in [0.05, 0.1) is 28.4 Å². The van der Waals surface area contributed by atoms with Gasteiger partial charge in [0.2, 0.25) is 0 Å². The number of fused-ring (bicyclic) bond motifs is 8. The summed E-state index contributed by atoms with van der Waals surface area (Å²) in [5, 5.41) is 6.16. The maximum Gasteiger partial charge on any atom is 0.159 e. The van der Waals surface area contributed by atoms with Crippen LogP contribution in [0.15, 0.2) is 247 Å². The van der Waals surface area contributed by atoms with Crippen LogP contribution in [0.2, 0.25) is 0 Å². The molecule has 0 atom stereocenters. The Kier molecular flexibility index (Phi) is 20.9. The molecule has 408 valence electrons. The first-order valence-electron chi connectivity index (χ1n) is 29.2. The van der Waals surface area contributed by atoms with Gasteiger partial charge in [0.15, 0.2) is 11.2 Å². The molecule has 0 aliphatic heterocycles. The number of para-hydroxylation sites is 5. The van der Waals surface area contributed by atoms with Crippen molar-refractivity contribution in [2.45, 2.75) is 87.0 Å². The highest BCUT2D eigenvalue weighted by molar-refractivity contribution is 6.11. The summed E-state index contributed by atoms with van der Waals surface area (Å²) >= 11 is 0. The monoisotopic (exact) mass is 1060 g/mol. The normalized spacial score (nSPS) is 11.9. The summed E-state index contributed by atoms with van der Waals surface area (Å²) in [5.74, 6) is 0.854. The number of hydrogen-bond acceptors (Lipinski definition) is 4. The van der Waals surface area contributed by atoms with Crippen LogP contribution in [0.3, 0.4) is 0 Å². The van der Waals surface area contributed by atoms with E-state index < -0.39 is 0 Å². The summed E-state index contributed by atoms with van der Waals surface area (Å²) in [6.45, 7) is 23.0. The zero-order chi connectivity index (χ0) is 56.9. The standard InChI is InChI=1S/C66H50N2O2.C7H16.2C2H6/c1-4-24-47(25-5-2)51-29-16-19-36-59(51)67(61-38-22-33-55-54-32-18-21-41-64(54)69-65(55)61)45-50-28-12-8-14-35-58(49-43-42-46(6-3)57(50)44-49)68(60-37-20-17-30-52(60)48-26-10-7-11-27-48)62-39-23-34-56-53-31-13-9-15-40-63(53)70-66(56)62;1-3-5-7-6-4-2;2*1-2/h4-8,10-45H,1,3,9H2,2H3;3-7H2,1-2H3;2*1-2H3/b14-8?,25-5-,28-12?,47-24+,50-45+,58-35?;;;. The van der Waals surface area contributed by atoms with E-state index in [0.717, 1.165) is 123 Å². The van der Waals surface area contributed by atoms with Crippen molar-refractivity contribution >= 4 is 102 Å². The third-order valence-electron chi connectivity index (χ3n) is 14.2. The summed E-state index contributed by atoms with van der Waals surface area (Å²) in [6.07, 6.45) is 28.8. The van der Waals surface area contributed by atoms with Gasteiger partial charge in [-0.3, -0.25) is 0 Å². The second kappa shape index (κ2) is 29.2. The second-order valence-electron chi connectivity index (χ2n) is 19.2. The van der Waals surface area contributed by atoms with Gasteiger partial charge in [-0.2, -0.15) is 0 Å². The molecule has 4 nitrogen and oxygen atoms in total. The fraction of sp³-hybridized carbons (Fsp3) is 0.169. The Morgan fingerprint density at radius 2 is 1.16 bits per heavy atom. The van der Waals surface area contributed by atoms with Gasteiger partial charge in [-0.25, -0.2) is 0 Å². The molecule has 0 unspecified atom stereocenters. The number of benzene rings is 7. The number of rotatable bonds is 15. The van der Waals surface area contributed by atoms with Crippen molar-refractivity contribution in [2.75, 3.05) is 9.80 Å². The van der Waals surface area contributed by atoms with E-state index in [1.54, 1.807) is 0 Å². The highest BCUT2D eigenvalue weighted by Crippen LogP contribution is 2.47. The lowest BCUT2D eigenvalue weighted by Gasteiger charge is -2.28. The minimum Gasteiger partial charge on any atom is -0.454 e. The fourth-order valence-electron chi connectivity index (χ4n) is 10.5. The summed E-state index contributed by atoms with van der Waals surface area (Å²) in [7, 11) is 0. The van der Waals surface area contributed by atoms with E-state index in [2.05, 4.69) is 261 Å². The number of hydrogen-bond donors (Lipinski definition) is 0. The van der Waals surface area contributed by atoms with Gasteiger partial charge in [-0.1, -0.05) is 281 Å². The SMILES string of the molecule is C=C/C=C(\C=C/C)c1ccccc1N(/C=c1\cccccc(N(c2ccccc2-c2ccccc2)c2cccc3c4c(oc23)C=CCC=C4)c2ccc(C=C)c1c2)c1cccc2c1oc1ccccc12.CC.CC.CCCCCCC. The van der Waals surface area contributed by atoms with Crippen molar-refractivity contribution in [3.8, 4) is 11.1 Å². The molecular formula is C77H78N2O2. The third-order valence-corrected chi connectivity index (χ3v) is 14.2. The van der Waals surface area contributed by atoms with Crippen molar-refractivity contribution in [1.82, 2.24) is 0 Å². The van der Waals surface area contributed by atoms with Crippen LogP contribution in [0.1, 0.15) is 109 Å². The molecule has 1 aliphatic carbocycles. The van der Waals surface area contributed by atoms with Crippen LogP contribution in [-0.2, 0) is 0 Å². The maximum atomic E-state index is 6.90. The molecule has 8 aromatic carbocycles. The van der Waals surface area contributed by atoms with Crippen LogP contribution in [0.25, 0.3) is 84.8 Å². The van der Waals surface area contributed by atoms with Gasteiger partial charge in [-0.05, 0) is 94.6 Å². The number of nitrogens with zero attached hydrogens (tertiary/aromatic N) is 2. The van der Waals surface area contributed by atoms with E-state index in [1.807, 2.05) is 58.9 Å². The smallest absolute Gasteiger partial charge is 0.159 e. The Balaban J connectivity index is 0.000000722. The Bertz CT molecular complexity index is 3970. The molecule has 0 saturated carbocycles. The molecule has 10 aromatic rings. The van der Waals surface area contributed by atoms with Crippen LogP contribution >= 0.6 is 0 Å². The molecule has 0 saturated heterocycles. The first kappa shape index (κ1) is 58.0. The molecule has 81 heavy (non-hydrogen) atoms. The predicted molar refractivity (Wildman–Crippen MR) is 356 cm³/mol. The highest BCUT2D eigenvalue weighted by Gasteiger charge is 2.24. The van der Waals surface area contributed by atoms with Gasteiger partial charge < -0.3 is 18.6 Å². The highest BCUT2D eigenvalue weighted by atomic mass is 16.3. The van der Waals surface area contributed by atoms with E-state index >= 15 is 0 Å². The molecule has 2 aromatic heterocycles. The number of unbranched alkanes of at least 4 members (excludes halogenated alkanes) is 4. The Labute approximate surface area is 481 Å². The van der Waals surface area contributed by atoms with Crippen LogP contribution in [0.5, 0.6) is 0 Å². The lowest BCUT2D eigenvalue weighted by molar-refractivity contribution is 0.603. The average Bonchev–Trinajstić information content (AvgIpc) is 4.20. The van der Waals surface area contributed by atoms with E-state index in [-0.39, 0.29) is 0 Å². The first-order valence-corrected chi connectivity index (χ1v) is 29.2. The predicted octanol–water partition coefficient (Wildman–Crippen LogP) is 23.3. The lowest BCUT2D eigenvalue weighted by atomic mass is 10.00. The van der Waals surface area contributed by atoms with Crippen molar-refractivity contribution in [2.24, 2.45) is 0 Å². The quantitative estimate of drug-likeness (QED) is 0.0757. The minimum absolute atomic E-state index is 0.797. The van der Waals surface area contributed by atoms with Crippen molar-refractivity contribution in [3.05, 3.63) is 265 Å². The van der Waals surface area contributed by atoms with Crippen molar-refractivity contribution < 1.29 is 8.83 Å². The zero-order valence-electron chi connectivity index (χ0n) is 48.5. The second-order valence-corrected chi connectivity index (χ2v) is 19.2.